The monoisotopic (exact) mass is 224 g/mol. The first-order valence-corrected chi connectivity index (χ1v) is 5.42. The van der Waals surface area contributed by atoms with E-state index < -0.39 is 0 Å². The summed E-state index contributed by atoms with van der Waals surface area (Å²) in [4.78, 5) is 8.39. The second kappa shape index (κ2) is 4.03. The van der Waals surface area contributed by atoms with Crippen molar-refractivity contribution in [2.45, 2.75) is 26.3 Å². The van der Waals surface area contributed by atoms with E-state index in [0.717, 1.165) is 11.0 Å². The Labute approximate surface area is 91.3 Å². The molecule has 0 bridgehead atoms. The van der Waals surface area contributed by atoms with Crippen LogP contribution in [-0.4, -0.2) is 24.1 Å². The van der Waals surface area contributed by atoms with E-state index in [4.69, 9.17) is 5.73 Å². The van der Waals surface area contributed by atoms with Gasteiger partial charge in [-0.2, -0.15) is 9.06 Å². The van der Waals surface area contributed by atoms with Crippen molar-refractivity contribution in [2.24, 2.45) is 5.73 Å². The van der Waals surface area contributed by atoms with Gasteiger partial charge in [0.2, 0.25) is 5.13 Å². The highest BCUT2D eigenvalue weighted by atomic mass is 32.1. The lowest BCUT2D eigenvalue weighted by atomic mass is 10.2. The van der Waals surface area contributed by atoms with Gasteiger partial charge in [0.15, 0.2) is 5.82 Å². The Balaban J connectivity index is 2.28. The van der Waals surface area contributed by atoms with Crippen LogP contribution >= 0.6 is 11.5 Å². The second-order valence-corrected chi connectivity index (χ2v) is 4.13. The van der Waals surface area contributed by atoms with E-state index >= 15 is 0 Å². The van der Waals surface area contributed by atoms with Gasteiger partial charge in [-0.25, -0.2) is 9.97 Å². The molecule has 2 heterocycles. The van der Waals surface area contributed by atoms with Gasteiger partial charge >= 0.3 is 0 Å². The van der Waals surface area contributed by atoms with E-state index in [1.165, 1.54) is 11.5 Å². The van der Waals surface area contributed by atoms with Crippen LogP contribution in [0.4, 0.5) is 0 Å². The van der Waals surface area contributed by atoms with Gasteiger partial charge in [0.25, 0.3) is 0 Å². The van der Waals surface area contributed by atoms with Crippen molar-refractivity contribution in [3.05, 3.63) is 18.0 Å². The largest absolute Gasteiger partial charge is 0.324 e. The van der Waals surface area contributed by atoms with Gasteiger partial charge in [0, 0.05) is 17.5 Å². The molecule has 0 aliphatic carbocycles. The first-order valence-electron chi connectivity index (χ1n) is 4.65. The summed E-state index contributed by atoms with van der Waals surface area (Å²) in [5, 5.41) is 4.89. The number of nitrogens with two attached hydrogens (primary N) is 1. The third-order valence-corrected chi connectivity index (χ3v) is 2.59. The van der Waals surface area contributed by atoms with Gasteiger partial charge in [-0.1, -0.05) is 13.8 Å². The minimum absolute atomic E-state index is 0.326. The molecule has 2 N–H and O–H groups in total. The van der Waals surface area contributed by atoms with Gasteiger partial charge in [-0.15, -0.1) is 5.10 Å². The lowest BCUT2D eigenvalue weighted by Gasteiger charge is -1.94. The molecule has 0 saturated carbocycles. The molecule has 7 heteroatoms. The molecular weight excluding hydrogens is 212 g/mol. The van der Waals surface area contributed by atoms with Crippen LogP contribution < -0.4 is 5.73 Å². The summed E-state index contributed by atoms with van der Waals surface area (Å²) in [6.45, 7) is 4.44. The molecule has 0 saturated heterocycles. The summed E-state index contributed by atoms with van der Waals surface area (Å²) < 4.78 is 5.84. The Morgan fingerprint density at radius 2 is 2.33 bits per heavy atom. The molecule has 2 rings (SSSR count). The minimum Gasteiger partial charge on any atom is -0.324 e. The van der Waals surface area contributed by atoms with E-state index in [1.54, 1.807) is 11.0 Å². The summed E-state index contributed by atoms with van der Waals surface area (Å²) in [5.74, 6) is 1.77. The maximum atomic E-state index is 5.42. The number of hydrogen-bond acceptors (Lipinski definition) is 6. The van der Waals surface area contributed by atoms with Crippen LogP contribution in [0.25, 0.3) is 5.13 Å². The maximum Gasteiger partial charge on any atom is 0.231 e. The van der Waals surface area contributed by atoms with E-state index in [-0.39, 0.29) is 0 Å². The molecule has 0 fully saturated rings. The first-order chi connectivity index (χ1) is 7.20. The Kier molecular flexibility index (Phi) is 2.74. The zero-order chi connectivity index (χ0) is 10.8. The average molecular weight is 224 g/mol. The highest BCUT2D eigenvalue weighted by molar-refractivity contribution is 7.08. The van der Waals surface area contributed by atoms with Gasteiger partial charge in [-0.05, 0) is 0 Å². The smallest absolute Gasteiger partial charge is 0.231 e. The molecule has 0 aromatic carbocycles. The SMILES string of the molecule is CC(C)c1nsc(-n2cnc(CN)n2)n1. The summed E-state index contributed by atoms with van der Waals surface area (Å²) in [5.41, 5.74) is 5.42. The Morgan fingerprint density at radius 1 is 1.53 bits per heavy atom. The minimum atomic E-state index is 0.326. The topological polar surface area (TPSA) is 82.5 Å². The summed E-state index contributed by atoms with van der Waals surface area (Å²) >= 11 is 1.31. The summed E-state index contributed by atoms with van der Waals surface area (Å²) in [7, 11) is 0. The molecule has 6 nitrogen and oxygen atoms in total. The summed E-state index contributed by atoms with van der Waals surface area (Å²) in [6, 6.07) is 0. The number of aromatic nitrogens is 5. The molecule has 0 aliphatic heterocycles. The maximum absolute atomic E-state index is 5.42. The van der Waals surface area contributed by atoms with Crippen molar-refractivity contribution < 1.29 is 0 Å². The van der Waals surface area contributed by atoms with E-state index in [0.29, 0.717) is 18.3 Å². The molecule has 0 unspecified atom stereocenters. The fourth-order valence-corrected chi connectivity index (χ4v) is 1.77. The molecule has 15 heavy (non-hydrogen) atoms. The Morgan fingerprint density at radius 3 is 2.87 bits per heavy atom. The van der Waals surface area contributed by atoms with Crippen LogP contribution in [0.2, 0.25) is 0 Å². The molecule has 80 valence electrons. The standard InChI is InChI=1S/C8H12N6S/c1-5(2)7-11-8(15-13-7)14-4-10-6(3-9)12-14/h4-5H,3,9H2,1-2H3. The van der Waals surface area contributed by atoms with Crippen LogP contribution in [0.1, 0.15) is 31.4 Å². The predicted octanol–water partition coefficient (Wildman–Crippen LogP) is 0.701. The van der Waals surface area contributed by atoms with Crippen LogP contribution in [0, 0.1) is 0 Å². The molecule has 0 atom stereocenters. The second-order valence-electron chi connectivity index (χ2n) is 3.40. The van der Waals surface area contributed by atoms with E-state index in [1.807, 2.05) is 0 Å². The van der Waals surface area contributed by atoms with Crippen molar-refractivity contribution in [3.8, 4) is 5.13 Å². The highest BCUT2D eigenvalue weighted by Gasteiger charge is 2.10. The highest BCUT2D eigenvalue weighted by Crippen LogP contribution is 2.15. The Bertz CT molecular complexity index is 445. The fourth-order valence-electron chi connectivity index (χ4n) is 1.04. The third-order valence-electron chi connectivity index (χ3n) is 1.87. The molecular formula is C8H12N6S. The van der Waals surface area contributed by atoms with Crippen molar-refractivity contribution in [3.63, 3.8) is 0 Å². The normalized spacial score (nSPS) is 11.2. The van der Waals surface area contributed by atoms with Gasteiger partial charge in [-0.3, -0.25) is 0 Å². The van der Waals surface area contributed by atoms with Crippen LogP contribution in [0.5, 0.6) is 0 Å². The Hall–Kier alpha value is -1.34. The van der Waals surface area contributed by atoms with Gasteiger partial charge in [0.1, 0.15) is 12.2 Å². The number of hydrogen-bond donors (Lipinski definition) is 1. The first kappa shape index (κ1) is 10.2. The van der Waals surface area contributed by atoms with Crippen molar-refractivity contribution >= 4 is 11.5 Å². The molecule has 2 aromatic rings. The fraction of sp³-hybridized carbons (Fsp3) is 0.500. The average Bonchev–Trinajstić information content (AvgIpc) is 2.86. The van der Waals surface area contributed by atoms with Gasteiger partial charge < -0.3 is 5.73 Å². The predicted molar refractivity (Wildman–Crippen MR) is 56.8 cm³/mol. The van der Waals surface area contributed by atoms with Gasteiger partial charge in [0.05, 0.1) is 6.54 Å². The summed E-state index contributed by atoms with van der Waals surface area (Å²) in [6.07, 6.45) is 1.60. The quantitative estimate of drug-likeness (QED) is 0.829. The zero-order valence-electron chi connectivity index (χ0n) is 8.58. The third kappa shape index (κ3) is 2.02. The molecule has 0 spiro atoms. The zero-order valence-corrected chi connectivity index (χ0v) is 9.40. The van der Waals surface area contributed by atoms with Crippen molar-refractivity contribution in [2.75, 3.05) is 0 Å². The molecule has 2 aromatic heterocycles. The molecule has 0 amide bonds. The van der Waals surface area contributed by atoms with Crippen molar-refractivity contribution in [1.29, 1.82) is 0 Å². The molecule has 0 aliphatic rings. The van der Waals surface area contributed by atoms with Crippen LogP contribution in [-0.2, 0) is 6.54 Å². The van der Waals surface area contributed by atoms with Crippen LogP contribution in [0.15, 0.2) is 6.33 Å². The van der Waals surface area contributed by atoms with Crippen molar-refractivity contribution in [1.82, 2.24) is 24.1 Å². The lowest BCUT2D eigenvalue weighted by molar-refractivity contribution is 0.774. The van der Waals surface area contributed by atoms with Crippen LogP contribution in [0.3, 0.4) is 0 Å². The van der Waals surface area contributed by atoms with E-state index in [2.05, 4.69) is 33.3 Å². The molecule has 0 radical (unpaired) electrons. The number of rotatable bonds is 3. The number of nitrogens with zero attached hydrogens (tertiary/aromatic N) is 5. The van der Waals surface area contributed by atoms with E-state index in [9.17, 15) is 0 Å². The lowest BCUT2D eigenvalue weighted by Crippen LogP contribution is -2.01.